The second-order valence-electron chi connectivity index (χ2n) is 12.3. The lowest BCUT2D eigenvalue weighted by Gasteiger charge is -2.43. The standard InChI is InChI=1S/C40H27N3O2S/c1-22-16-23(2)36(24(3)17-22)43-35-11-7-6-10-33(35)40(31-12-14-41-20-29(31)30-21-42-15-13-32(30)40)34-19-25(46-39(34)43)18-28-37(44)26-8-4-5-9-27(26)38(28)45/h4-21H,1-3H3. The highest BCUT2D eigenvalue weighted by Crippen LogP contribution is 2.65. The summed E-state index contributed by atoms with van der Waals surface area (Å²) in [7, 11) is 0. The van der Waals surface area contributed by atoms with Gasteiger partial charge in [-0.25, -0.2) is 0 Å². The topological polar surface area (TPSA) is 63.2 Å². The molecule has 0 unspecified atom stereocenters. The molecule has 9 rings (SSSR count). The summed E-state index contributed by atoms with van der Waals surface area (Å²) in [6.45, 7) is 6.47. The minimum atomic E-state index is -0.647. The first-order valence-corrected chi connectivity index (χ1v) is 16.1. The van der Waals surface area contributed by atoms with Crippen molar-refractivity contribution in [2.75, 3.05) is 4.90 Å². The number of para-hydroxylation sites is 1. The van der Waals surface area contributed by atoms with E-state index in [0.717, 1.165) is 54.6 Å². The molecule has 0 N–H and O–H groups in total. The second-order valence-corrected chi connectivity index (χ2v) is 13.4. The minimum absolute atomic E-state index is 0.209. The quantitative estimate of drug-likeness (QED) is 0.144. The van der Waals surface area contributed by atoms with Crippen LogP contribution in [0.25, 0.3) is 17.2 Å². The monoisotopic (exact) mass is 613 g/mol. The Kier molecular flexibility index (Phi) is 5.57. The van der Waals surface area contributed by atoms with Crippen LogP contribution in [0.1, 0.15) is 64.5 Å². The van der Waals surface area contributed by atoms with Crippen molar-refractivity contribution in [3.8, 4) is 11.1 Å². The summed E-state index contributed by atoms with van der Waals surface area (Å²) in [5, 5.41) is 1.06. The van der Waals surface area contributed by atoms with Crippen molar-refractivity contribution in [3.63, 3.8) is 0 Å². The molecule has 1 spiro atoms. The van der Waals surface area contributed by atoms with Gasteiger partial charge in [0.1, 0.15) is 5.00 Å². The first kappa shape index (κ1) is 26.9. The molecule has 0 fully saturated rings. The largest absolute Gasteiger partial charge is 0.301 e. The van der Waals surface area contributed by atoms with Gasteiger partial charge in [0.15, 0.2) is 11.6 Å². The fraction of sp³-hybridized carbons (Fsp3) is 0.100. The number of benzene rings is 3. The molecule has 0 atom stereocenters. The van der Waals surface area contributed by atoms with Gasteiger partial charge in [0, 0.05) is 57.5 Å². The van der Waals surface area contributed by atoms with E-state index in [4.69, 9.17) is 0 Å². The zero-order chi connectivity index (χ0) is 31.3. The first-order chi connectivity index (χ1) is 22.4. The lowest BCUT2D eigenvalue weighted by atomic mass is 9.66. The number of fused-ring (bicyclic) bond motifs is 10. The van der Waals surface area contributed by atoms with Gasteiger partial charge in [0.05, 0.1) is 22.4 Å². The molecule has 0 saturated carbocycles. The predicted octanol–water partition coefficient (Wildman–Crippen LogP) is 9.07. The van der Waals surface area contributed by atoms with E-state index in [1.807, 2.05) is 24.8 Å². The number of carbonyl (C=O) groups is 2. The molecule has 2 aliphatic carbocycles. The van der Waals surface area contributed by atoms with E-state index in [1.165, 1.54) is 16.7 Å². The number of carbonyl (C=O) groups excluding carboxylic acids is 2. The summed E-state index contributed by atoms with van der Waals surface area (Å²) in [4.78, 5) is 39.3. The third-order valence-electron chi connectivity index (χ3n) is 9.68. The number of ketones is 2. The van der Waals surface area contributed by atoms with E-state index in [9.17, 15) is 9.59 Å². The molecule has 220 valence electrons. The van der Waals surface area contributed by atoms with Crippen molar-refractivity contribution in [1.82, 2.24) is 9.97 Å². The van der Waals surface area contributed by atoms with Crippen LogP contribution in [0.3, 0.4) is 0 Å². The SMILES string of the molecule is Cc1cc(C)c(N2c3ccccc3C3(c4ccncc4-c4cnccc43)c3cc(C=C4C(=O)c5ccccc5C4=O)sc32)c(C)c1. The van der Waals surface area contributed by atoms with E-state index in [2.05, 4.69) is 90.2 Å². The molecule has 0 bridgehead atoms. The van der Waals surface area contributed by atoms with Gasteiger partial charge < -0.3 is 4.90 Å². The van der Waals surface area contributed by atoms with Gasteiger partial charge in [-0.05, 0) is 78.9 Å². The molecule has 6 aromatic rings. The van der Waals surface area contributed by atoms with Crippen molar-refractivity contribution in [2.24, 2.45) is 0 Å². The number of Topliss-reactive ketones (excluding diaryl/α,β-unsaturated/α-hetero) is 2. The van der Waals surface area contributed by atoms with Crippen molar-refractivity contribution >= 4 is 45.4 Å². The normalized spacial score (nSPS) is 15.0. The highest BCUT2D eigenvalue weighted by atomic mass is 32.1. The van der Waals surface area contributed by atoms with Gasteiger partial charge in [0.2, 0.25) is 0 Å². The highest BCUT2D eigenvalue weighted by Gasteiger charge is 2.53. The zero-order valence-corrected chi connectivity index (χ0v) is 26.3. The van der Waals surface area contributed by atoms with Crippen molar-refractivity contribution < 1.29 is 9.59 Å². The average molecular weight is 614 g/mol. The highest BCUT2D eigenvalue weighted by molar-refractivity contribution is 7.17. The number of nitrogens with zero attached hydrogens (tertiary/aromatic N) is 3. The van der Waals surface area contributed by atoms with Crippen LogP contribution in [0.2, 0.25) is 0 Å². The van der Waals surface area contributed by atoms with Crippen LogP contribution in [0.15, 0.2) is 109 Å². The summed E-state index contributed by atoms with van der Waals surface area (Å²) in [5.74, 6) is -0.443. The molecule has 46 heavy (non-hydrogen) atoms. The summed E-state index contributed by atoms with van der Waals surface area (Å²) in [6, 6.07) is 26.7. The fourth-order valence-electron chi connectivity index (χ4n) is 8.04. The lowest BCUT2D eigenvalue weighted by Crippen LogP contribution is -2.35. The number of allylic oxidation sites excluding steroid dienone is 1. The Balaban J connectivity index is 1.38. The van der Waals surface area contributed by atoms with Crippen LogP contribution < -0.4 is 4.90 Å². The fourth-order valence-corrected chi connectivity index (χ4v) is 9.22. The number of hydrogen-bond donors (Lipinski definition) is 0. The Labute approximate surface area is 270 Å². The second kappa shape index (κ2) is 9.52. The number of thiophene rings is 1. The predicted molar refractivity (Wildman–Crippen MR) is 183 cm³/mol. The molecule has 3 aliphatic rings. The number of pyridine rings is 2. The summed E-state index contributed by atoms with van der Waals surface area (Å²) in [6.07, 6.45) is 9.41. The van der Waals surface area contributed by atoms with Crippen LogP contribution in [0.4, 0.5) is 16.4 Å². The van der Waals surface area contributed by atoms with E-state index in [0.29, 0.717) is 11.1 Å². The maximum absolute atomic E-state index is 13.5. The first-order valence-electron chi connectivity index (χ1n) is 15.3. The smallest absolute Gasteiger partial charge is 0.197 e. The maximum atomic E-state index is 13.5. The van der Waals surface area contributed by atoms with Gasteiger partial charge in [-0.1, -0.05) is 60.2 Å². The lowest BCUT2D eigenvalue weighted by molar-refractivity contribution is 0.0990. The Morgan fingerprint density at radius 3 is 1.89 bits per heavy atom. The molecule has 0 saturated heterocycles. The molecule has 1 aliphatic heterocycles. The molecule has 3 aromatic heterocycles. The number of rotatable bonds is 2. The van der Waals surface area contributed by atoms with Gasteiger partial charge >= 0.3 is 0 Å². The van der Waals surface area contributed by atoms with Crippen molar-refractivity contribution in [2.45, 2.75) is 26.2 Å². The Morgan fingerprint density at radius 2 is 1.26 bits per heavy atom. The van der Waals surface area contributed by atoms with Crippen molar-refractivity contribution in [3.05, 3.63) is 164 Å². The van der Waals surface area contributed by atoms with E-state index < -0.39 is 5.41 Å². The molecule has 4 heterocycles. The number of aryl methyl sites for hydroxylation is 3. The minimum Gasteiger partial charge on any atom is -0.301 e. The zero-order valence-electron chi connectivity index (χ0n) is 25.5. The van der Waals surface area contributed by atoms with Crippen molar-refractivity contribution in [1.29, 1.82) is 0 Å². The van der Waals surface area contributed by atoms with E-state index >= 15 is 0 Å². The third-order valence-corrected chi connectivity index (χ3v) is 10.7. The van der Waals surface area contributed by atoms with E-state index in [1.54, 1.807) is 41.7 Å². The van der Waals surface area contributed by atoms with Gasteiger partial charge in [0.25, 0.3) is 0 Å². The molecule has 6 heteroatoms. The van der Waals surface area contributed by atoms with Gasteiger partial charge in [-0.15, -0.1) is 11.3 Å². The molecule has 0 amide bonds. The maximum Gasteiger partial charge on any atom is 0.197 e. The average Bonchev–Trinajstić information content (AvgIpc) is 3.69. The number of aromatic nitrogens is 2. The van der Waals surface area contributed by atoms with Crippen LogP contribution in [-0.4, -0.2) is 21.5 Å². The van der Waals surface area contributed by atoms with Crippen LogP contribution in [-0.2, 0) is 5.41 Å². The third kappa shape index (κ3) is 3.39. The summed E-state index contributed by atoms with van der Waals surface area (Å²) < 4.78 is 0. The van der Waals surface area contributed by atoms with Crippen LogP contribution >= 0.6 is 11.3 Å². The Hall–Kier alpha value is -5.46. The number of hydrogen-bond acceptors (Lipinski definition) is 6. The molecule has 3 aromatic carbocycles. The van der Waals surface area contributed by atoms with Gasteiger partial charge in [-0.3, -0.25) is 19.6 Å². The number of anilines is 3. The van der Waals surface area contributed by atoms with Crippen LogP contribution in [0.5, 0.6) is 0 Å². The Bertz CT molecular complexity index is 2260. The van der Waals surface area contributed by atoms with Gasteiger partial charge in [-0.2, -0.15) is 0 Å². The Morgan fingerprint density at radius 1 is 0.674 bits per heavy atom. The van der Waals surface area contributed by atoms with E-state index in [-0.39, 0.29) is 17.1 Å². The molecular weight excluding hydrogens is 587 g/mol. The molecular formula is C40H27N3O2S. The summed E-state index contributed by atoms with van der Waals surface area (Å²) >= 11 is 1.62. The van der Waals surface area contributed by atoms with Crippen LogP contribution in [0, 0.1) is 20.8 Å². The summed E-state index contributed by atoms with van der Waals surface area (Å²) in [5.41, 5.74) is 13.0. The molecule has 5 nitrogen and oxygen atoms in total. The molecule has 0 radical (unpaired) electrons.